The summed E-state index contributed by atoms with van der Waals surface area (Å²) >= 11 is 0. The molecule has 0 atom stereocenters. The van der Waals surface area contributed by atoms with Gasteiger partial charge in [0.1, 0.15) is 0 Å². The molecule has 0 aliphatic carbocycles. The van der Waals surface area contributed by atoms with Gasteiger partial charge in [0, 0.05) is 18.7 Å². The number of amides is 1. The summed E-state index contributed by atoms with van der Waals surface area (Å²) in [5.74, 6) is -0.301. The molecule has 0 aromatic heterocycles. The zero-order valence-corrected chi connectivity index (χ0v) is 15.1. The fourth-order valence-corrected chi connectivity index (χ4v) is 3.43. The fourth-order valence-electron chi connectivity index (χ4n) is 2.36. The smallest absolute Gasteiger partial charge is 0.252 e. The van der Waals surface area contributed by atoms with Gasteiger partial charge in [-0.2, -0.15) is 0 Å². The molecule has 0 spiro atoms. The molecule has 0 saturated heterocycles. The van der Waals surface area contributed by atoms with Crippen LogP contribution in [0.1, 0.15) is 49.5 Å². The predicted molar refractivity (Wildman–Crippen MR) is 91.9 cm³/mol. The fraction of sp³-hybridized carbons (Fsp3) is 0.562. The van der Waals surface area contributed by atoms with Crippen LogP contribution in [0.3, 0.4) is 0 Å². The Balaban J connectivity index is 3.20. The summed E-state index contributed by atoms with van der Waals surface area (Å²) in [4.78, 5) is 12.7. The van der Waals surface area contributed by atoms with Crippen molar-refractivity contribution in [3.63, 3.8) is 0 Å². The lowest BCUT2D eigenvalue weighted by Crippen LogP contribution is -2.53. The van der Waals surface area contributed by atoms with E-state index in [4.69, 9.17) is 5.73 Å². The Kier molecular flexibility index (Phi) is 6.73. The van der Waals surface area contributed by atoms with Crippen LogP contribution in [-0.4, -0.2) is 33.0 Å². The Morgan fingerprint density at radius 2 is 1.83 bits per heavy atom. The van der Waals surface area contributed by atoms with Gasteiger partial charge < -0.3 is 11.1 Å². The lowest BCUT2D eigenvalue weighted by Gasteiger charge is -2.31. The molecule has 4 N–H and O–H groups in total. The normalized spacial score (nSPS) is 12.2. The summed E-state index contributed by atoms with van der Waals surface area (Å²) in [6, 6.07) is 4.55. The summed E-state index contributed by atoms with van der Waals surface area (Å²) in [5.41, 5.74) is 6.41. The van der Waals surface area contributed by atoms with Crippen molar-refractivity contribution in [2.24, 2.45) is 5.73 Å². The number of hydrogen-bond acceptors (Lipinski definition) is 4. The molecule has 23 heavy (non-hydrogen) atoms. The first kappa shape index (κ1) is 19.6. The van der Waals surface area contributed by atoms with Gasteiger partial charge in [0.05, 0.1) is 10.4 Å². The van der Waals surface area contributed by atoms with Crippen molar-refractivity contribution in [3.05, 3.63) is 29.3 Å². The number of carbonyl (C=O) groups is 1. The van der Waals surface area contributed by atoms with Gasteiger partial charge in [0.25, 0.3) is 5.91 Å². The number of benzene rings is 1. The van der Waals surface area contributed by atoms with E-state index in [0.717, 1.165) is 5.56 Å². The molecule has 0 heterocycles. The van der Waals surface area contributed by atoms with E-state index in [2.05, 4.69) is 10.0 Å². The van der Waals surface area contributed by atoms with Crippen molar-refractivity contribution < 1.29 is 13.2 Å². The average molecular weight is 341 g/mol. The molecule has 1 amide bonds. The van der Waals surface area contributed by atoms with Crippen molar-refractivity contribution in [2.75, 3.05) is 13.1 Å². The molecular weight excluding hydrogens is 314 g/mol. The van der Waals surface area contributed by atoms with E-state index in [9.17, 15) is 13.2 Å². The average Bonchev–Trinajstić information content (AvgIpc) is 2.52. The monoisotopic (exact) mass is 341 g/mol. The maximum Gasteiger partial charge on any atom is 0.252 e. The van der Waals surface area contributed by atoms with E-state index in [1.54, 1.807) is 19.9 Å². The van der Waals surface area contributed by atoms with Gasteiger partial charge in [-0.15, -0.1) is 0 Å². The second-order valence-corrected chi connectivity index (χ2v) is 7.39. The number of sulfonamides is 1. The highest BCUT2D eigenvalue weighted by molar-refractivity contribution is 7.89. The third-order valence-corrected chi connectivity index (χ3v) is 5.76. The van der Waals surface area contributed by atoms with Crippen LogP contribution in [0.4, 0.5) is 0 Å². The van der Waals surface area contributed by atoms with Crippen LogP contribution in [0.15, 0.2) is 23.1 Å². The first-order valence-electron chi connectivity index (χ1n) is 7.88. The third kappa shape index (κ3) is 4.53. The summed E-state index contributed by atoms with van der Waals surface area (Å²) in [5, 5.41) is 2.97. The van der Waals surface area contributed by atoms with Crippen LogP contribution in [0, 0.1) is 6.92 Å². The molecule has 130 valence electrons. The molecule has 6 nitrogen and oxygen atoms in total. The number of aryl methyl sites for hydroxylation is 1. The lowest BCUT2D eigenvalue weighted by atomic mass is 9.92. The molecule has 0 unspecified atom stereocenters. The van der Waals surface area contributed by atoms with Gasteiger partial charge in [-0.1, -0.05) is 26.8 Å². The molecule has 0 bridgehead atoms. The Bertz CT molecular complexity index is 644. The highest BCUT2D eigenvalue weighted by atomic mass is 32.2. The van der Waals surface area contributed by atoms with Crippen LogP contribution in [0.2, 0.25) is 0 Å². The molecule has 0 aliphatic rings. The quantitative estimate of drug-likeness (QED) is 0.667. The Morgan fingerprint density at radius 1 is 1.22 bits per heavy atom. The van der Waals surface area contributed by atoms with E-state index >= 15 is 0 Å². The van der Waals surface area contributed by atoms with Gasteiger partial charge in [-0.05, 0) is 37.5 Å². The van der Waals surface area contributed by atoms with E-state index < -0.39 is 15.6 Å². The zero-order valence-electron chi connectivity index (χ0n) is 14.3. The molecule has 0 radical (unpaired) electrons. The minimum Gasteiger partial charge on any atom is -0.345 e. The summed E-state index contributed by atoms with van der Waals surface area (Å²) in [7, 11) is -3.60. The number of carbonyl (C=O) groups excluding carboxylic acids is 1. The Labute approximate surface area is 138 Å². The predicted octanol–water partition coefficient (Wildman–Crippen LogP) is 1.54. The summed E-state index contributed by atoms with van der Waals surface area (Å²) in [6.07, 6.45) is 1.42. The van der Waals surface area contributed by atoms with Crippen LogP contribution in [-0.2, 0) is 10.0 Å². The van der Waals surface area contributed by atoms with Crippen molar-refractivity contribution in [2.45, 2.75) is 51.0 Å². The van der Waals surface area contributed by atoms with E-state index in [1.165, 1.54) is 12.1 Å². The largest absolute Gasteiger partial charge is 0.345 e. The second-order valence-electron chi connectivity index (χ2n) is 5.62. The lowest BCUT2D eigenvalue weighted by molar-refractivity contribution is 0.0894. The first-order chi connectivity index (χ1) is 10.7. The Morgan fingerprint density at radius 3 is 2.30 bits per heavy atom. The number of hydrogen-bond donors (Lipinski definition) is 3. The molecule has 0 saturated carbocycles. The molecular formula is C16H27N3O3S. The Hall–Kier alpha value is -1.44. The van der Waals surface area contributed by atoms with Crippen molar-refractivity contribution in [3.8, 4) is 0 Å². The molecule has 0 fully saturated rings. The third-order valence-electron chi connectivity index (χ3n) is 4.22. The maximum atomic E-state index is 12.6. The van der Waals surface area contributed by atoms with Crippen LogP contribution in [0.25, 0.3) is 0 Å². The molecule has 1 aromatic carbocycles. The highest BCUT2D eigenvalue weighted by Gasteiger charge is 2.28. The van der Waals surface area contributed by atoms with Gasteiger partial charge in [-0.3, -0.25) is 4.79 Å². The van der Waals surface area contributed by atoms with Crippen molar-refractivity contribution in [1.82, 2.24) is 10.0 Å². The van der Waals surface area contributed by atoms with Crippen LogP contribution >= 0.6 is 0 Å². The molecule has 1 aromatic rings. The number of nitrogens with two attached hydrogens (primary N) is 1. The van der Waals surface area contributed by atoms with E-state index in [-0.39, 0.29) is 10.8 Å². The minimum absolute atomic E-state index is 0.0847. The van der Waals surface area contributed by atoms with E-state index in [1.807, 2.05) is 13.8 Å². The van der Waals surface area contributed by atoms with Gasteiger partial charge in [0.2, 0.25) is 10.0 Å². The number of rotatable bonds is 8. The van der Waals surface area contributed by atoms with Crippen LogP contribution < -0.4 is 15.8 Å². The van der Waals surface area contributed by atoms with Gasteiger partial charge in [-0.25, -0.2) is 13.1 Å². The number of nitrogens with one attached hydrogen (secondary N) is 2. The first-order valence-corrected chi connectivity index (χ1v) is 9.36. The second kappa shape index (κ2) is 7.90. The van der Waals surface area contributed by atoms with Gasteiger partial charge in [0.15, 0.2) is 0 Å². The molecule has 1 rings (SSSR count). The van der Waals surface area contributed by atoms with Gasteiger partial charge >= 0.3 is 0 Å². The standard InChI is InChI=1S/C16H27N3O3S/c1-5-16(6-2,11-17)19-15(20)14-10-13(9-8-12(14)4)23(21,22)18-7-3/h8-10,18H,5-7,11,17H2,1-4H3,(H,19,20). The van der Waals surface area contributed by atoms with Crippen LogP contribution in [0.5, 0.6) is 0 Å². The van der Waals surface area contributed by atoms with E-state index in [0.29, 0.717) is 31.5 Å². The maximum absolute atomic E-state index is 12.6. The molecule has 7 heteroatoms. The highest BCUT2D eigenvalue weighted by Crippen LogP contribution is 2.19. The summed E-state index contributed by atoms with van der Waals surface area (Å²) < 4.78 is 26.6. The summed E-state index contributed by atoms with van der Waals surface area (Å²) in [6.45, 7) is 8.04. The van der Waals surface area contributed by atoms with Crippen molar-refractivity contribution in [1.29, 1.82) is 0 Å². The topological polar surface area (TPSA) is 101 Å². The molecule has 0 aliphatic heterocycles. The van der Waals surface area contributed by atoms with Crippen molar-refractivity contribution >= 4 is 15.9 Å². The minimum atomic E-state index is -3.60. The SMILES string of the molecule is CCNS(=O)(=O)c1ccc(C)c(C(=O)NC(CC)(CC)CN)c1. The zero-order chi connectivity index (χ0) is 17.7.